The molecule has 2 N–H and O–H groups in total. The summed E-state index contributed by atoms with van der Waals surface area (Å²) < 4.78 is 10.7. The fraction of sp³-hybridized carbons (Fsp3) is 0.364. The molecular formula is C22H27NO5. The first-order valence-corrected chi connectivity index (χ1v) is 9.08. The maximum absolute atomic E-state index is 12.3. The summed E-state index contributed by atoms with van der Waals surface area (Å²) in [6.45, 7) is 6.08. The Balaban J connectivity index is 2.07. The third kappa shape index (κ3) is 6.01. The van der Waals surface area contributed by atoms with E-state index < -0.39 is 17.9 Å². The summed E-state index contributed by atoms with van der Waals surface area (Å²) >= 11 is 0. The third-order valence-electron chi connectivity index (χ3n) is 4.32. The molecule has 0 saturated heterocycles. The van der Waals surface area contributed by atoms with Gasteiger partial charge in [0.25, 0.3) is 5.91 Å². The van der Waals surface area contributed by atoms with Crippen molar-refractivity contribution in [2.75, 3.05) is 13.7 Å². The standard InChI is InChI=1S/C22H27NO5/c1-22(2,3)16-11-9-15(10-12-16)17(13-21(25)26)23-20(24)14-28-19-8-6-5-7-18(19)27-4/h5-12,17H,13-14H2,1-4H3,(H,23,24)(H,25,26)/t17-/m1/s1. The molecule has 6 heteroatoms. The van der Waals surface area contributed by atoms with Crippen LogP contribution >= 0.6 is 0 Å². The molecule has 0 spiro atoms. The Labute approximate surface area is 165 Å². The van der Waals surface area contributed by atoms with Gasteiger partial charge in [-0.1, -0.05) is 57.2 Å². The van der Waals surface area contributed by atoms with Crippen molar-refractivity contribution in [3.8, 4) is 11.5 Å². The average Bonchev–Trinajstić information content (AvgIpc) is 2.65. The molecule has 6 nitrogen and oxygen atoms in total. The van der Waals surface area contributed by atoms with Crippen LogP contribution in [0.1, 0.15) is 44.4 Å². The number of para-hydroxylation sites is 2. The van der Waals surface area contributed by atoms with Crippen LogP contribution in [-0.2, 0) is 15.0 Å². The number of benzene rings is 2. The van der Waals surface area contributed by atoms with Crippen molar-refractivity contribution >= 4 is 11.9 Å². The smallest absolute Gasteiger partial charge is 0.305 e. The molecule has 0 aliphatic rings. The molecule has 0 fully saturated rings. The lowest BCUT2D eigenvalue weighted by molar-refractivity contribution is -0.137. The number of carbonyl (C=O) groups is 2. The highest BCUT2D eigenvalue weighted by atomic mass is 16.5. The molecule has 28 heavy (non-hydrogen) atoms. The highest BCUT2D eigenvalue weighted by Crippen LogP contribution is 2.26. The molecule has 0 aliphatic heterocycles. The first-order valence-electron chi connectivity index (χ1n) is 9.08. The Morgan fingerprint density at radius 1 is 1.04 bits per heavy atom. The molecule has 2 rings (SSSR count). The fourth-order valence-electron chi connectivity index (χ4n) is 2.76. The molecule has 2 aromatic rings. The van der Waals surface area contributed by atoms with Gasteiger partial charge in [0.15, 0.2) is 18.1 Å². The molecular weight excluding hydrogens is 358 g/mol. The van der Waals surface area contributed by atoms with Crippen LogP contribution in [0.5, 0.6) is 11.5 Å². The van der Waals surface area contributed by atoms with Gasteiger partial charge in [0.2, 0.25) is 0 Å². The second-order valence-corrected chi connectivity index (χ2v) is 7.53. The van der Waals surface area contributed by atoms with Crippen LogP contribution in [0.4, 0.5) is 0 Å². The molecule has 0 saturated carbocycles. The molecule has 0 unspecified atom stereocenters. The minimum absolute atomic E-state index is 0.00729. The van der Waals surface area contributed by atoms with E-state index in [-0.39, 0.29) is 18.4 Å². The van der Waals surface area contributed by atoms with Gasteiger partial charge in [0.1, 0.15) is 0 Å². The van der Waals surface area contributed by atoms with Gasteiger partial charge in [-0.15, -0.1) is 0 Å². The van der Waals surface area contributed by atoms with Gasteiger partial charge in [0, 0.05) is 0 Å². The molecule has 150 valence electrons. The van der Waals surface area contributed by atoms with Crippen LogP contribution in [0.15, 0.2) is 48.5 Å². The summed E-state index contributed by atoms with van der Waals surface area (Å²) in [6, 6.07) is 14.0. The lowest BCUT2D eigenvalue weighted by atomic mass is 9.86. The molecule has 1 amide bonds. The zero-order valence-corrected chi connectivity index (χ0v) is 16.7. The van der Waals surface area contributed by atoms with Crippen LogP contribution in [-0.4, -0.2) is 30.7 Å². The van der Waals surface area contributed by atoms with E-state index in [1.54, 1.807) is 24.3 Å². The van der Waals surface area contributed by atoms with E-state index >= 15 is 0 Å². The van der Waals surface area contributed by atoms with E-state index in [0.29, 0.717) is 11.5 Å². The second-order valence-electron chi connectivity index (χ2n) is 7.53. The maximum Gasteiger partial charge on any atom is 0.305 e. The van der Waals surface area contributed by atoms with Crippen molar-refractivity contribution in [3.63, 3.8) is 0 Å². The predicted molar refractivity (Wildman–Crippen MR) is 107 cm³/mol. The number of ether oxygens (including phenoxy) is 2. The SMILES string of the molecule is COc1ccccc1OCC(=O)N[C@H](CC(=O)O)c1ccc(C(C)(C)C)cc1. The Morgan fingerprint density at radius 2 is 1.64 bits per heavy atom. The van der Waals surface area contributed by atoms with E-state index in [0.717, 1.165) is 11.1 Å². The molecule has 0 aliphatic carbocycles. The van der Waals surface area contributed by atoms with E-state index in [1.807, 2.05) is 24.3 Å². The molecule has 0 heterocycles. The summed E-state index contributed by atoms with van der Waals surface area (Å²) in [5, 5.41) is 12.0. The van der Waals surface area contributed by atoms with Gasteiger partial charge in [-0.05, 0) is 28.7 Å². The number of hydrogen-bond donors (Lipinski definition) is 2. The number of carboxylic acids is 1. The highest BCUT2D eigenvalue weighted by Gasteiger charge is 2.20. The molecule has 0 bridgehead atoms. The van der Waals surface area contributed by atoms with Crippen LogP contribution in [0, 0.1) is 0 Å². The van der Waals surface area contributed by atoms with Crippen LogP contribution in [0.3, 0.4) is 0 Å². The Morgan fingerprint density at radius 3 is 2.18 bits per heavy atom. The summed E-state index contributed by atoms with van der Waals surface area (Å²) in [6.07, 6.45) is -0.213. The van der Waals surface area contributed by atoms with Gasteiger partial charge >= 0.3 is 5.97 Å². The maximum atomic E-state index is 12.3. The Hall–Kier alpha value is -3.02. The van der Waals surface area contributed by atoms with Crippen LogP contribution in [0.25, 0.3) is 0 Å². The number of carbonyl (C=O) groups excluding carboxylic acids is 1. The molecule has 0 aromatic heterocycles. The second kappa shape index (κ2) is 9.26. The number of methoxy groups -OCH3 is 1. The van der Waals surface area contributed by atoms with Crippen molar-refractivity contribution in [1.29, 1.82) is 0 Å². The Kier molecular flexibility index (Phi) is 7.04. The fourth-order valence-corrected chi connectivity index (χ4v) is 2.76. The average molecular weight is 385 g/mol. The molecule has 2 aromatic carbocycles. The van der Waals surface area contributed by atoms with Gasteiger partial charge in [-0.2, -0.15) is 0 Å². The monoisotopic (exact) mass is 385 g/mol. The Bertz CT molecular complexity index is 808. The number of rotatable bonds is 8. The number of aliphatic carboxylic acids is 1. The largest absolute Gasteiger partial charge is 0.493 e. The van der Waals surface area contributed by atoms with E-state index in [1.165, 1.54) is 7.11 Å². The van der Waals surface area contributed by atoms with Gasteiger partial charge < -0.3 is 19.9 Å². The summed E-state index contributed by atoms with van der Waals surface area (Å²) in [5.41, 5.74) is 1.87. The number of amides is 1. The first kappa shape index (κ1) is 21.3. The zero-order valence-electron chi connectivity index (χ0n) is 16.7. The van der Waals surface area contributed by atoms with Crippen molar-refractivity contribution in [1.82, 2.24) is 5.32 Å². The van der Waals surface area contributed by atoms with Crippen molar-refractivity contribution in [2.24, 2.45) is 0 Å². The minimum atomic E-state index is -0.990. The van der Waals surface area contributed by atoms with Crippen molar-refractivity contribution in [3.05, 3.63) is 59.7 Å². The quantitative estimate of drug-likeness (QED) is 0.724. The summed E-state index contributed by atoms with van der Waals surface area (Å²) in [4.78, 5) is 23.6. The van der Waals surface area contributed by atoms with Gasteiger partial charge in [0.05, 0.1) is 19.6 Å². The highest BCUT2D eigenvalue weighted by molar-refractivity contribution is 5.79. The van der Waals surface area contributed by atoms with Gasteiger partial charge in [-0.3, -0.25) is 9.59 Å². The number of nitrogens with one attached hydrogen (secondary N) is 1. The van der Waals surface area contributed by atoms with Crippen LogP contribution < -0.4 is 14.8 Å². The number of hydrogen-bond acceptors (Lipinski definition) is 4. The molecule has 0 radical (unpaired) electrons. The first-order chi connectivity index (χ1) is 13.2. The summed E-state index contributed by atoms with van der Waals surface area (Å²) in [5.74, 6) is -0.424. The third-order valence-corrected chi connectivity index (χ3v) is 4.32. The van der Waals surface area contributed by atoms with Crippen molar-refractivity contribution in [2.45, 2.75) is 38.6 Å². The zero-order chi connectivity index (χ0) is 20.7. The van der Waals surface area contributed by atoms with E-state index in [9.17, 15) is 14.7 Å². The van der Waals surface area contributed by atoms with Crippen LogP contribution in [0.2, 0.25) is 0 Å². The van der Waals surface area contributed by atoms with Crippen molar-refractivity contribution < 1.29 is 24.2 Å². The minimum Gasteiger partial charge on any atom is -0.493 e. The number of carboxylic acid groups (broad SMARTS) is 1. The lowest BCUT2D eigenvalue weighted by Crippen LogP contribution is -2.34. The predicted octanol–water partition coefficient (Wildman–Crippen LogP) is 3.70. The van der Waals surface area contributed by atoms with E-state index in [2.05, 4.69) is 26.1 Å². The topological polar surface area (TPSA) is 84.9 Å². The normalized spacial score (nSPS) is 12.1. The van der Waals surface area contributed by atoms with E-state index in [4.69, 9.17) is 9.47 Å². The molecule has 1 atom stereocenters. The van der Waals surface area contributed by atoms with Gasteiger partial charge in [-0.25, -0.2) is 0 Å². The summed E-state index contributed by atoms with van der Waals surface area (Å²) in [7, 11) is 1.52. The lowest BCUT2D eigenvalue weighted by Gasteiger charge is -2.22.